The van der Waals surface area contributed by atoms with Gasteiger partial charge in [-0.1, -0.05) is 24.3 Å². The van der Waals surface area contributed by atoms with Crippen molar-refractivity contribution in [1.29, 1.82) is 0 Å². The minimum atomic E-state index is -0.685. The molecule has 0 bridgehead atoms. The van der Waals surface area contributed by atoms with Crippen LogP contribution in [0.4, 0.5) is 0 Å². The first-order chi connectivity index (χ1) is 18.5. The van der Waals surface area contributed by atoms with E-state index in [0.29, 0.717) is 29.4 Å². The second-order valence-corrected chi connectivity index (χ2v) is 9.27. The molecule has 0 fully saturated rings. The lowest BCUT2D eigenvalue weighted by molar-refractivity contribution is -0.157. The quantitative estimate of drug-likeness (QED) is 0.233. The van der Waals surface area contributed by atoms with E-state index in [1.54, 1.807) is 12.0 Å². The summed E-state index contributed by atoms with van der Waals surface area (Å²) >= 11 is 0. The van der Waals surface area contributed by atoms with Gasteiger partial charge in [-0.25, -0.2) is 4.98 Å². The lowest BCUT2D eigenvalue weighted by Crippen LogP contribution is -2.39. The molecule has 3 aromatic carbocycles. The van der Waals surface area contributed by atoms with Gasteiger partial charge >= 0.3 is 5.97 Å². The van der Waals surface area contributed by atoms with Crippen LogP contribution in [0, 0.1) is 0 Å². The van der Waals surface area contributed by atoms with Gasteiger partial charge in [0.25, 0.3) is 0 Å². The van der Waals surface area contributed by atoms with E-state index in [1.165, 1.54) is 0 Å². The van der Waals surface area contributed by atoms with Crippen LogP contribution in [0.5, 0.6) is 23.0 Å². The Morgan fingerprint density at radius 3 is 2.42 bits per heavy atom. The number of carbonyl (C=O) groups excluding carboxylic acids is 1. The molecule has 8 nitrogen and oxygen atoms in total. The first-order valence-corrected chi connectivity index (χ1v) is 12.4. The second-order valence-electron chi connectivity index (χ2n) is 9.27. The molecule has 0 saturated heterocycles. The van der Waals surface area contributed by atoms with Crippen LogP contribution < -0.4 is 18.9 Å². The van der Waals surface area contributed by atoms with Crippen LogP contribution in [0.25, 0.3) is 10.9 Å². The Balaban J connectivity index is 0.00000220. The first-order valence-electron chi connectivity index (χ1n) is 12.4. The number of fused-ring (bicyclic) bond motifs is 2. The maximum atomic E-state index is 12.7. The Bertz CT molecular complexity index is 1420. The molecule has 10 heteroatoms. The maximum Gasteiger partial charge on any atom is 0.320 e. The summed E-state index contributed by atoms with van der Waals surface area (Å²) in [6.45, 7) is 0.660. The summed E-state index contributed by atoms with van der Waals surface area (Å²) in [7, 11) is 5.24. The molecule has 0 spiro atoms. The normalized spacial score (nSPS) is 15.6. The van der Waals surface area contributed by atoms with Gasteiger partial charge in [0.05, 0.1) is 24.9 Å². The highest BCUT2D eigenvalue weighted by molar-refractivity contribution is 5.85. The molecule has 40 heavy (non-hydrogen) atoms. The van der Waals surface area contributed by atoms with E-state index >= 15 is 0 Å². The number of ether oxygens (including phenoxy) is 5. The van der Waals surface area contributed by atoms with Gasteiger partial charge in [-0.2, -0.15) is 0 Å². The molecule has 1 aliphatic heterocycles. The minimum absolute atomic E-state index is 0. The Kier molecular flexibility index (Phi) is 10.8. The second kappa shape index (κ2) is 14.1. The summed E-state index contributed by atoms with van der Waals surface area (Å²) in [6, 6.07) is 24.7. The van der Waals surface area contributed by atoms with E-state index < -0.39 is 12.2 Å². The third-order valence-corrected chi connectivity index (χ3v) is 6.12. The first kappa shape index (κ1) is 30.8. The van der Waals surface area contributed by atoms with Crippen molar-refractivity contribution in [2.75, 3.05) is 34.4 Å². The zero-order chi connectivity index (χ0) is 26.5. The molecule has 0 aliphatic carbocycles. The number of aromatic nitrogens is 1. The Hall–Kier alpha value is -3.72. The number of para-hydroxylation sites is 1. The molecule has 0 amide bonds. The number of nitrogens with zero attached hydrogens (tertiary/aromatic N) is 2. The summed E-state index contributed by atoms with van der Waals surface area (Å²) in [6.07, 6.45) is -1.24. The fourth-order valence-corrected chi connectivity index (χ4v) is 4.28. The number of pyridine rings is 1. The van der Waals surface area contributed by atoms with Gasteiger partial charge < -0.3 is 23.7 Å². The third kappa shape index (κ3) is 7.47. The zero-order valence-electron chi connectivity index (χ0n) is 22.4. The van der Waals surface area contributed by atoms with Crippen LogP contribution in [0.3, 0.4) is 0 Å². The van der Waals surface area contributed by atoms with Crippen molar-refractivity contribution in [1.82, 2.24) is 9.88 Å². The summed E-state index contributed by atoms with van der Waals surface area (Å²) in [5, 5.41) is 1.08. The van der Waals surface area contributed by atoms with Crippen molar-refractivity contribution in [2.45, 2.75) is 18.8 Å². The van der Waals surface area contributed by atoms with Gasteiger partial charge in [-0.05, 0) is 68.7 Å². The van der Waals surface area contributed by atoms with Gasteiger partial charge in [-0.15, -0.1) is 24.8 Å². The maximum absolute atomic E-state index is 12.7. The molecule has 4 aromatic rings. The highest BCUT2D eigenvalue weighted by Crippen LogP contribution is 2.39. The monoisotopic (exact) mass is 586 g/mol. The number of methoxy groups -OCH3 is 1. The van der Waals surface area contributed by atoms with E-state index in [-0.39, 0.29) is 43.9 Å². The van der Waals surface area contributed by atoms with Gasteiger partial charge in [0.15, 0.2) is 12.2 Å². The number of benzene rings is 3. The molecule has 0 N–H and O–H groups in total. The van der Waals surface area contributed by atoms with Crippen molar-refractivity contribution in [3.63, 3.8) is 0 Å². The smallest absolute Gasteiger partial charge is 0.320 e. The lowest BCUT2D eigenvalue weighted by atomic mass is 10.00. The Morgan fingerprint density at radius 2 is 1.68 bits per heavy atom. The summed E-state index contributed by atoms with van der Waals surface area (Å²) in [5.41, 5.74) is 2.41. The van der Waals surface area contributed by atoms with Crippen LogP contribution in [0.2, 0.25) is 0 Å². The molecular formula is C30H32Cl2N2O6. The number of rotatable bonds is 9. The SMILES string of the molecule is COc1ccc(O[C@@H]2COc3ccc(OCc4ccc5ccccc5n4)cc3[C@@H]2OC(=O)CN(C)C)cc1.Cl.Cl. The van der Waals surface area contributed by atoms with E-state index in [9.17, 15) is 4.79 Å². The predicted molar refractivity (Wildman–Crippen MR) is 157 cm³/mol. The molecular weight excluding hydrogens is 555 g/mol. The van der Waals surface area contributed by atoms with E-state index in [0.717, 1.165) is 22.3 Å². The van der Waals surface area contributed by atoms with Crippen LogP contribution in [0.15, 0.2) is 78.9 Å². The van der Waals surface area contributed by atoms with Crippen LogP contribution in [-0.4, -0.2) is 56.3 Å². The van der Waals surface area contributed by atoms with E-state index in [2.05, 4.69) is 4.98 Å². The van der Waals surface area contributed by atoms with E-state index in [1.807, 2.05) is 93.0 Å². The Labute approximate surface area is 246 Å². The van der Waals surface area contributed by atoms with Crippen molar-refractivity contribution in [2.24, 2.45) is 0 Å². The number of hydrogen-bond acceptors (Lipinski definition) is 8. The largest absolute Gasteiger partial charge is 0.497 e. The topological polar surface area (TPSA) is 79.4 Å². The average molecular weight is 588 g/mol. The average Bonchev–Trinajstić information content (AvgIpc) is 2.93. The van der Waals surface area contributed by atoms with Crippen LogP contribution in [0.1, 0.15) is 17.4 Å². The van der Waals surface area contributed by atoms with Crippen molar-refractivity contribution < 1.29 is 28.5 Å². The molecule has 0 saturated carbocycles. The fraction of sp³-hybridized carbons (Fsp3) is 0.267. The summed E-state index contributed by atoms with van der Waals surface area (Å²) in [4.78, 5) is 19.1. The van der Waals surface area contributed by atoms with Gasteiger partial charge in [-0.3, -0.25) is 9.69 Å². The molecule has 1 aromatic heterocycles. The molecule has 5 rings (SSSR count). The molecule has 0 radical (unpaired) electrons. The molecule has 0 unspecified atom stereocenters. The number of halogens is 2. The number of carbonyl (C=O) groups is 1. The molecule has 2 atom stereocenters. The summed E-state index contributed by atoms with van der Waals surface area (Å²) in [5.74, 6) is 2.22. The minimum Gasteiger partial charge on any atom is -0.497 e. The standard InChI is InChI=1S/C30H30N2O6.2ClH/c1-32(2)17-29(33)38-30-25-16-24(35-18-21-9-8-20-6-4-5-7-26(20)31-21)14-15-27(25)36-19-28(30)37-23-12-10-22(34-3)11-13-23;;/h4-16,28,30H,17-19H2,1-3H3;2*1H/t28-,30+;;/m1../s1. The van der Waals surface area contributed by atoms with Crippen molar-refractivity contribution in [3.8, 4) is 23.0 Å². The van der Waals surface area contributed by atoms with Gasteiger partial charge in [0.1, 0.15) is 36.2 Å². The van der Waals surface area contributed by atoms with Crippen LogP contribution >= 0.6 is 24.8 Å². The Morgan fingerprint density at radius 1 is 0.950 bits per heavy atom. The van der Waals surface area contributed by atoms with Gasteiger partial charge in [0.2, 0.25) is 0 Å². The highest BCUT2D eigenvalue weighted by atomic mass is 35.5. The van der Waals surface area contributed by atoms with E-state index in [4.69, 9.17) is 23.7 Å². The number of esters is 1. The predicted octanol–water partition coefficient (Wildman–Crippen LogP) is 5.65. The highest BCUT2D eigenvalue weighted by Gasteiger charge is 2.36. The van der Waals surface area contributed by atoms with Crippen molar-refractivity contribution in [3.05, 3.63) is 90.1 Å². The molecule has 2 heterocycles. The summed E-state index contributed by atoms with van der Waals surface area (Å²) < 4.78 is 29.5. The van der Waals surface area contributed by atoms with Crippen molar-refractivity contribution >= 4 is 41.7 Å². The molecule has 1 aliphatic rings. The number of likely N-dealkylation sites (N-methyl/N-ethyl adjacent to an activating group) is 1. The lowest BCUT2D eigenvalue weighted by Gasteiger charge is -2.33. The van der Waals surface area contributed by atoms with Crippen LogP contribution in [-0.2, 0) is 16.1 Å². The molecule has 212 valence electrons. The zero-order valence-corrected chi connectivity index (χ0v) is 24.1. The fourth-order valence-electron chi connectivity index (χ4n) is 4.28. The number of hydrogen-bond donors (Lipinski definition) is 0. The van der Waals surface area contributed by atoms with Gasteiger partial charge in [0, 0.05) is 10.9 Å². The third-order valence-electron chi connectivity index (χ3n) is 6.12.